The van der Waals surface area contributed by atoms with Gasteiger partial charge in [0.1, 0.15) is 6.54 Å². The maximum absolute atomic E-state index is 12.3. The number of nitrogens with zero attached hydrogens (tertiary/aromatic N) is 2. The fourth-order valence-corrected chi connectivity index (χ4v) is 3.96. The van der Waals surface area contributed by atoms with Crippen molar-refractivity contribution in [2.75, 3.05) is 17.1 Å². The fraction of sp³-hybridized carbons (Fsp3) is 0.111. The molecular weight excluding hydrogens is 370 g/mol. The Hall–Kier alpha value is -2.71. The molecule has 6 nitrogen and oxygen atoms in total. The Kier molecular flexibility index (Phi) is 5.34. The molecule has 3 aromatic rings. The van der Waals surface area contributed by atoms with E-state index < -0.39 is 15.9 Å². The normalized spacial score (nSPS) is 11.7. The second-order valence-electron chi connectivity index (χ2n) is 5.58. The van der Waals surface area contributed by atoms with Crippen LogP contribution in [-0.2, 0) is 14.8 Å². The van der Waals surface area contributed by atoms with Crippen LogP contribution >= 0.6 is 11.3 Å². The largest absolute Gasteiger partial charge is 0.271 e. The first-order chi connectivity index (χ1) is 12.4. The number of fused-ring (bicyclic) bond motifs is 1. The summed E-state index contributed by atoms with van der Waals surface area (Å²) in [5, 5.41) is 7.42. The molecule has 0 bridgehead atoms. The summed E-state index contributed by atoms with van der Waals surface area (Å²) in [5.41, 5.74) is 2.83. The number of hydrogen-bond donors (Lipinski definition) is 1. The number of anilines is 1. The van der Waals surface area contributed by atoms with Gasteiger partial charge in [-0.15, -0.1) is 11.3 Å². The molecule has 0 aliphatic heterocycles. The van der Waals surface area contributed by atoms with Gasteiger partial charge in [0.25, 0.3) is 5.91 Å². The number of sulfonamides is 1. The lowest BCUT2D eigenvalue weighted by Gasteiger charge is -2.23. The van der Waals surface area contributed by atoms with Crippen molar-refractivity contribution in [3.05, 3.63) is 64.9 Å². The molecule has 134 valence electrons. The zero-order valence-electron chi connectivity index (χ0n) is 14.0. The number of benzene rings is 2. The van der Waals surface area contributed by atoms with E-state index in [-0.39, 0.29) is 6.54 Å². The fourth-order valence-electron chi connectivity index (χ4n) is 2.51. The lowest BCUT2D eigenvalue weighted by Crippen LogP contribution is -2.39. The maximum Gasteiger partial charge on any atom is 0.260 e. The quantitative estimate of drug-likeness (QED) is 0.522. The van der Waals surface area contributed by atoms with Gasteiger partial charge in [0, 0.05) is 10.3 Å². The average molecular weight is 387 g/mol. The molecule has 0 fully saturated rings. The van der Waals surface area contributed by atoms with Gasteiger partial charge in [-0.2, -0.15) is 5.10 Å². The molecule has 1 N–H and O–H groups in total. The van der Waals surface area contributed by atoms with Crippen LogP contribution in [0.1, 0.15) is 4.88 Å². The van der Waals surface area contributed by atoms with Gasteiger partial charge in [-0.3, -0.25) is 9.10 Å². The van der Waals surface area contributed by atoms with Crippen LogP contribution in [0.25, 0.3) is 10.8 Å². The number of thiophene rings is 1. The first-order valence-electron chi connectivity index (χ1n) is 7.76. The van der Waals surface area contributed by atoms with Crippen LogP contribution in [0.4, 0.5) is 5.69 Å². The maximum atomic E-state index is 12.3. The molecule has 2 aromatic carbocycles. The molecule has 0 atom stereocenters. The topological polar surface area (TPSA) is 78.8 Å². The van der Waals surface area contributed by atoms with Gasteiger partial charge in [0.2, 0.25) is 10.0 Å². The van der Waals surface area contributed by atoms with Crippen LogP contribution in [0.2, 0.25) is 0 Å². The van der Waals surface area contributed by atoms with Crippen molar-refractivity contribution >= 4 is 49.9 Å². The van der Waals surface area contributed by atoms with Gasteiger partial charge in [-0.1, -0.05) is 42.5 Å². The first kappa shape index (κ1) is 18.1. The van der Waals surface area contributed by atoms with Crippen molar-refractivity contribution < 1.29 is 13.2 Å². The molecule has 1 amide bonds. The summed E-state index contributed by atoms with van der Waals surface area (Å²) in [7, 11) is -3.65. The number of rotatable bonds is 6. The minimum absolute atomic E-state index is 0.353. The highest BCUT2D eigenvalue weighted by molar-refractivity contribution is 7.92. The van der Waals surface area contributed by atoms with Crippen molar-refractivity contribution in [3.8, 4) is 0 Å². The zero-order valence-corrected chi connectivity index (χ0v) is 15.6. The third-order valence-corrected chi connectivity index (χ3v) is 5.58. The average Bonchev–Trinajstić information content (AvgIpc) is 3.12. The van der Waals surface area contributed by atoms with E-state index in [0.29, 0.717) is 5.69 Å². The Morgan fingerprint density at radius 1 is 1.15 bits per heavy atom. The lowest BCUT2D eigenvalue weighted by atomic mass is 10.1. The van der Waals surface area contributed by atoms with Gasteiger partial charge in [0.15, 0.2) is 0 Å². The van der Waals surface area contributed by atoms with Crippen molar-refractivity contribution in [2.24, 2.45) is 5.10 Å². The molecule has 8 heteroatoms. The van der Waals surface area contributed by atoms with Gasteiger partial charge >= 0.3 is 0 Å². The standard InChI is InChI=1S/C18H17N3O3S2/c1-26(23,24)21(13-18(22)20-19-12-15-8-5-11-25-15)17-10-4-7-14-6-2-3-9-16(14)17/h2-12H,13H2,1H3,(H,20,22)/b19-12-. The van der Waals surface area contributed by atoms with E-state index in [2.05, 4.69) is 10.5 Å². The van der Waals surface area contributed by atoms with Crippen molar-refractivity contribution in [1.29, 1.82) is 0 Å². The minimum atomic E-state index is -3.65. The first-order valence-corrected chi connectivity index (χ1v) is 10.5. The molecule has 3 rings (SSSR count). The molecule has 0 aliphatic rings. The van der Waals surface area contributed by atoms with Crippen LogP contribution in [0.15, 0.2) is 65.1 Å². The summed E-state index contributed by atoms with van der Waals surface area (Å²) in [6, 6.07) is 16.5. The smallest absolute Gasteiger partial charge is 0.260 e. The Bertz CT molecular complexity index is 1040. The third kappa shape index (κ3) is 4.27. The predicted octanol–water partition coefficient (Wildman–Crippen LogP) is 2.82. The van der Waals surface area contributed by atoms with Crippen LogP contribution < -0.4 is 9.73 Å². The van der Waals surface area contributed by atoms with Crippen molar-refractivity contribution in [1.82, 2.24) is 5.43 Å². The molecule has 0 radical (unpaired) electrons. The Morgan fingerprint density at radius 3 is 2.65 bits per heavy atom. The molecule has 1 heterocycles. The molecule has 0 unspecified atom stereocenters. The Balaban J connectivity index is 1.84. The third-order valence-electron chi connectivity index (χ3n) is 3.65. The predicted molar refractivity (Wildman–Crippen MR) is 106 cm³/mol. The molecule has 0 aliphatic carbocycles. The summed E-state index contributed by atoms with van der Waals surface area (Å²) < 4.78 is 25.7. The number of carbonyl (C=O) groups is 1. The number of hydrazone groups is 1. The van der Waals surface area contributed by atoms with E-state index in [1.807, 2.05) is 47.8 Å². The van der Waals surface area contributed by atoms with Crippen molar-refractivity contribution in [3.63, 3.8) is 0 Å². The van der Waals surface area contributed by atoms with Gasteiger partial charge < -0.3 is 0 Å². The highest BCUT2D eigenvalue weighted by atomic mass is 32.2. The number of amides is 1. The molecular formula is C18H17N3O3S2. The van der Waals surface area contributed by atoms with Crippen LogP contribution in [0, 0.1) is 0 Å². The van der Waals surface area contributed by atoms with Crippen molar-refractivity contribution in [2.45, 2.75) is 0 Å². The highest BCUT2D eigenvalue weighted by Gasteiger charge is 2.22. The van der Waals surface area contributed by atoms with E-state index in [1.165, 1.54) is 17.6 Å². The van der Waals surface area contributed by atoms with Gasteiger partial charge in [-0.05, 0) is 22.9 Å². The van der Waals surface area contributed by atoms with E-state index >= 15 is 0 Å². The van der Waals surface area contributed by atoms with E-state index in [4.69, 9.17) is 0 Å². The summed E-state index contributed by atoms with van der Waals surface area (Å²) in [6.07, 6.45) is 2.60. The van der Waals surface area contributed by atoms with Gasteiger partial charge in [-0.25, -0.2) is 13.8 Å². The molecule has 26 heavy (non-hydrogen) atoms. The van der Waals surface area contributed by atoms with Crippen LogP contribution in [0.5, 0.6) is 0 Å². The molecule has 0 saturated carbocycles. The summed E-state index contributed by atoms with van der Waals surface area (Å²) in [6.45, 7) is -0.353. The number of hydrogen-bond acceptors (Lipinski definition) is 5. The highest BCUT2D eigenvalue weighted by Crippen LogP contribution is 2.28. The molecule has 0 saturated heterocycles. The minimum Gasteiger partial charge on any atom is -0.271 e. The van der Waals surface area contributed by atoms with E-state index in [9.17, 15) is 13.2 Å². The second-order valence-corrected chi connectivity index (χ2v) is 8.46. The molecule has 1 aromatic heterocycles. The SMILES string of the molecule is CS(=O)(=O)N(CC(=O)N/N=C\c1cccs1)c1cccc2ccccc12. The number of nitrogens with one attached hydrogen (secondary N) is 1. The van der Waals surface area contributed by atoms with Crippen LogP contribution in [-0.4, -0.2) is 33.3 Å². The number of carbonyl (C=O) groups excluding carboxylic acids is 1. The summed E-state index contributed by atoms with van der Waals surface area (Å²) in [5.74, 6) is -0.517. The molecule has 0 spiro atoms. The second kappa shape index (κ2) is 7.67. The Morgan fingerprint density at radius 2 is 1.92 bits per heavy atom. The Labute approximate surface area is 155 Å². The van der Waals surface area contributed by atoms with E-state index in [1.54, 1.807) is 12.1 Å². The van der Waals surface area contributed by atoms with E-state index in [0.717, 1.165) is 26.2 Å². The summed E-state index contributed by atoms with van der Waals surface area (Å²) in [4.78, 5) is 13.1. The lowest BCUT2D eigenvalue weighted by molar-refractivity contribution is -0.119. The zero-order chi connectivity index (χ0) is 18.6. The monoisotopic (exact) mass is 387 g/mol. The van der Waals surface area contributed by atoms with Crippen LogP contribution in [0.3, 0.4) is 0 Å². The summed E-state index contributed by atoms with van der Waals surface area (Å²) >= 11 is 1.48. The van der Waals surface area contributed by atoms with Gasteiger partial charge in [0.05, 0.1) is 18.2 Å².